The molecule has 3 rings (SSSR count). The number of hydrogen-bond acceptors (Lipinski definition) is 2. The van der Waals surface area contributed by atoms with Crippen LogP contribution >= 0.6 is 0 Å². The Morgan fingerprint density at radius 1 is 1.24 bits per heavy atom. The summed E-state index contributed by atoms with van der Waals surface area (Å²) in [5.41, 5.74) is 1.30. The lowest BCUT2D eigenvalue weighted by atomic mass is 9.79. The Bertz CT molecular complexity index is 446. The van der Waals surface area contributed by atoms with Gasteiger partial charge in [0.25, 0.3) is 0 Å². The van der Waals surface area contributed by atoms with E-state index in [4.69, 9.17) is 4.74 Å². The van der Waals surface area contributed by atoms with Crippen LogP contribution < -0.4 is 0 Å². The first-order chi connectivity index (χ1) is 8.24. The minimum Gasteiger partial charge on any atom is -0.479 e. The number of hydrogen-bond donors (Lipinski definition) is 1. The van der Waals surface area contributed by atoms with Crippen molar-refractivity contribution in [3.63, 3.8) is 0 Å². The summed E-state index contributed by atoms with van der Waals surface area (Å²) < 4.78 is 5.31. The fourth-order valence-corrected chi connectivity index (χ4v) is 2.68. The highest BCUT2D eigenvalue weighted by molar-refractivity contribution is 5.82. The SMILES string of the molecule is O=C(O)C1(C(C2=CC=CC2)C2=CC=CC2)CO1. The third kappa shape index (κ3) is 1.58. The average Bonchev–Trinajstić information content (AvgIpc) is 2.77. The molecule has 3 aliphatic rings. The minimum absolute atomic E-state index is 0.106. The largest absolute Gasteiger partial charge is 0.479 e. The molecule has 1 fully saturated rings. The summed E-state index contributed by atoms with van der Waals surface area (Å²) in [5, 5.41) is 9.37. The van der Waals surface area contributed by atoms with Gasteiger partial charge in [0.05, 0.1) is 6.61 Å². The van der Waals surface area contributed by atoms with Crippen molar-refractivity contribution in [1.29, 1.82) is 0 Å². The van der Waals surface area contributed by atoms with Crippen LogP contribution in [0.1, 0.15) is 12.8 Å². The smallest absolute Gasteiger partial charge is 0.339 e. The molecule has 1 heterocycles. The van der Waals surface area contributed by atoms with Crippen LogP contribution in [0.4, 0.5) is 0 Å². The van der Waals surface area contributed by atoms with Gasteiger partial charge in [-0.05, 0) is 12.8 Å². The van der Waals surface area contributed by atoms with Crippen molar-refractivity contribution in [2.75, 3.05) is 6.61 Å². The quantitative estimate of drug-likeness (QED) is 0.753. The number of carbonyl (C=O) groups is 1. The highest BCUT2D eigenvalue weighted by atomic mass is 16.6. The summed E-state index contributed by atoms with van der Waals surface area (Å²) in [5.74, 6) is -0.951. The zero-order chi connectivity index (χ0) is 11.9. The van der Waals surface area contributed by atoms with Gasteiger partial charge in [-0.2, -0.15) is 0 Å². The molecule has 0 aromatic rings. The van der Waals surface area contributed by atoms with Gasteiger partial charge in [0.15, 0.2) is 5.60 Å². The first-order valence-electron chi connectivity index (χ1n) is 5.82. The average molecular weight is 230 g/mol. The third-order valence-electron chi connectivity index (χ3n) is 3.63. The van der Waals surface area contributed by atoms with Crippen molar-refractivity contribution in [2.45, 2.75) is 18.4 Å². The van der Waals surface area contributed by atoms with E-state index in [0.717, 1.165) is 24.0 Å². The maximum absolute atomic E-state index is 11.4. The fraction of sp³-hybridized carbons (Fsp3) is 0.357. The number of ether oxygens (including phenoxy) is 1. The summed E-state index contributed by atoms with van der Waals surface area (Å²) in [6.07, 6.45) is 13.8. The van der Waals surface area contributed by atoms with Gasteiger partial charge >= 0.3 is 5.97 Å². The highest BCUT2D eigenvalue weighted by Gasteiger charge is 2.60. The van der Waals surface area contributed by atoms with Crippen LogP contribution in [-0.4, -0.2) is 23.3 Å². The summed E-state index contributed by atoms with van der Waals surface area (Å²) in [7, 11) is 0. The van der Waals surface area contributed by atoms with E-state index in [1.807, 2.05) is 24.3 Å². The van der Waals surface area contributed by atoms with Gasteiger partial charge in [-0.15, -0.1) is 0 Å². The van der Waals surface area contributed by atoms with Crippen molar-refractivity contribution in [3.05, 3.63) is 47.6 Å². The molecule has 1 aliphatic heterocycles. The van der Waals surface area contributed by atoms with Gasteiger partial charge in [0, 0.05) is 5.92 Å². The number of rotatable bonds is 4. The molecule has 3 nitrogen and oxygen atoms in total. The topological polar surface area (TPSA) is 49.8 Å². The van der Waals surface area contributed by atoms with Crippen molar-refractivity contribution < 1.29 is 14.6 Å². The first-order valence-corrected chi connectivity index (χ1v) is 5.82. The zero-order valence-electron chi connectivity index (χ0n) is 9.43. The second kappa shape index (κ2) is 3.70. The van der Waals surface area contributed by atoms with Crippen molar-refractivity contribution >= 4 is 5.97 Å². The van der Waals surface area contributed by atoms with Crippen LogP contribution in [0.2, 0.25) is 0 Å². The zero-order valence-corrected chi connectivity index (χ0v) is 9.43. The predicted molar refractivity (Wildman–Crippen MR) is 63.5 cm³/mol. The molecule has 0 bridgehead atoms. The van der Waals surface area contributed by atoms with Gasteiger partial charge in [-0.25, -0.2) is 4.79 Å². The lowest BCUT2D eigenvalue weighted by molar-refractivity contribution is -0.144. The third-order valence-corrected chi connectivity index (χ3v) is 3.63. The molecule has 0 amide bonds. The molecule has 1 atom stereocenters. The maximum Gasteiger partial charge on any atom is 0.339 e. The van der Waals surface area contributed by atoms with Crippen LogP contribution in [0.25, 0.3) is 0 Å². The number of aliphatic carboxylic acids is 1. The predicted octanol–water partition coefficient (Wildman–Crippen LogP) is 2.23. The first kappa shape index (κ1) is 10.5. The lowest BCUT2D eigenvalue weighted by Crippen LogP contribution is -2.35. The Morgan fingerprint density at radius 3 is 2.06 bits per heavy atom. The van der Waals surface area contributed by atoms with E-state index >= 15 is 0 Å². The molecule has 17 heavy (non-hydrogen) atoms. The monoisotopic (exact) mass is 230 g/mol. The lowest BCUT2D eigenvalue weighted by Gasteiger charge is -2.24. The van der Waals surface area contributed by atoms with Gasteiger partial charge in [0.1, 0.15) is 0 Å². The van der Waals surface area contributed by atoms with E-state index in [-0.39, 0.29) is 5.92 Å². The minimum atomic E-state index is -1.00. The summed E-state index contributed by atoms with van der Waals surface area (Å²) in [6.45, 7) is 0.321. The van der Waals surface area contributed by atoms with E-state index in [0.29, 0.717) is 6.61 Å². The Labute approximate surface area is 99.8 Å². The molecule has 0 aromatic heterocycles. The van der Waals surface area contributed by atoms with E-state index < -0.39 is 11.6 Å². The van der Waals surface area contributed by atoms with E-state index in [1.54, 1.807) is 0 Å². The maximum atomic E-state index is 11.4. The van der Waals surface area contributed by atoms with Crippen LogP contribution in [-0.2, 0) is 9.53 Å². The number of carboxylic acids is 1. The molecule has 0 radical (unpaired) electrons. The standard InChI is InChI=1S/C14H14O3/c15-13(16)14(9-17-14)12(10-5-1-2-6-10)11-7-3-4-8-11/h1-5,7,12H,6,8-9H2,(H,15,16). The highest BCUT2D eigenvalue weighted by Crippen LogP contribution is 2.47. The summed E-state index contributed by atoms with van der Waals surface area (Å²) in [4.78, 5) is 11.4. The van der Waals surface area contributed by atoms with Gasteiger partial charge in [0.2, 0.25) is 0 Å². The van der Waals surface area contributed by atoms with E-state index in [2.05, 4.69) is 12.2 Å². The number of epoxide rings is 1. The van der Waals surface area contributed by atoms with Crippen molar-refractivity contribution in [2.24, 2.45) is 5.92 Å². The molecule has 0 aromatic carbocycles. The second-order valence-electron chi connectivity index (χ2n) is 4.66. The Morgan fingerprint density at radius 2 is 1.76 bits per heavy atom. The van der Waals surface area contributed by atoms with Gasteiger partial charge in [-0.3, -0.25) is 0 Å². The molecular formula is C14H14O3. The van der Waals surface area contributed by atoms with Crippen LogP contribution in [0.3, 0.4) is 0 Å². The van der Waals surface area contributed by atoms with Crippen LogP contribution in [0, 0.1) is 5.92 Å². The Hall–Kier alpha value is -1.61. The molecule has 1 saturated heterocycles. The fourth-order valence-electron chi connectivity index (χ4n) is 2.68. The summed E-state index contributed by atoms with van der Waals surface area (Å²) >= 11 is 0. The van der Waals surface area contributed by atoms with E-state index in [1.165, 1.54) is 0 Å². The number of carboxylic acid groups (broad SMARTS) is 1. The number of allylic oxidation sites excluding steroid dienone is 6. The van der Waals surface area contributed by atoms with Crippen molar-refractivity contribution in [3.8, 4) is 0 Å². The van der Waals surface area contributed by atoms with Gasteiger partial charge < -0.3 is 9.84 Å². The van der Waals surface area contributed by atoms with Crippen molar-refractivity contribution in [1.82, 2.24) is 0 Å². The molecule has 1 N–H and O–H groups in total. The van der Waals surface area contributed by atoms with Gasteiger partial charge in [-0.1, -0.05) is 47.6 Å². The molecule has 1 unspecified atom stereocenters. The van der Waals surface area contributed by atoms with Crippen LogP contribution in [0.5, 0.6) is 0 Å². The molecule has 88 valence electrons. The molecule has 0 spiro atoms. The Kier molecular flexibility index (Phi) is 2.30. The molecule has 2 aliphatic carbocycles. The van der Waals surface area contributed by atoms with Crippen LogP contribution in [0.15, 0.2) is 47.6 Å². The van der Waals surface area contributed by atoms with E-state index in [9.17, 15) is 9.90 Å². The molecular weight excluding hydrogens is 216 g/mol. The Balaban J connectivity index is 1.95. The summed E-state index contributed by atoms with van der Waals surface area (Å²) in [6, 6.07) is 0. The molecule has 0 saturated carbocycles. The second-order valence-corrected chi connectivity index (χ2v) is 4.66. The molecule has 3 heteroatoms. The normalized spacial score (nSPS) is 29.7.